The maximum absolute atomic E-state index is 13.0. The number of nitrogens with zero attached hydrogens (tertiary/aromatic N) is 1. The fourth-order valence-corrected chi connectivity index (χ4v) is 5.39. The van der Waals surface area contributed by atoms with Crippen molar-refractivity contribution in [3.8, 4) is 11.5 Å². The first kappa shape index (κ1) is 29.1. The van der Waals surface area contributed by atoms with E-state index >= 15 is 0 Å². The summed E-state index contributed by atoms with van der Waals surface area (Å²) < 4.78 is 39.7. The van der Waals surface area contributed by atoms with E-state index in [9.17, 15) is 18.0 Å². The molecule has 3 rings (SSSR count). The predicted molar refractivity (Wildman–Crippen MR) is 150 cm³/mol. The van der Waals surface area contributed by atoms with Crippen LogP contribution in [0.4, 0.5) is 0 Å². The minimum Gasteiger partial charge on any atom is -0.493 e. The Morgan fingerprint density at radius 1 is 1.11 bits per heavy atom. The Morgan fingerprint density at radius 3 is 2.42 bits per heavy atom. The molecule has 3 N–H and O–H groups in total. The molecule has 10 nitrogen and oxygen atoms in total. The van der Waals surface area contributed by atoms with E-state index in [0.717, 1.165) is 5.56 Å². The average Bonchev–Trinajstić information content (AvgIpc) is 2.88. The smallest absolute Gasteiger partial charge is 0.341 e. The Balaban J connectivity index is 1.72. The topological polar surface area (TPSA) is 143 Å². The zero-order valence-corrected chi connectivity index (χ0v) is 23.5. The molecule has 200 valence electrons. The van der Waals surface area contributed by atoms with Gasteiger partial charge in [0.1, 0.15) is 0 Å². The van der Waals surface area contributed by atoms with Crippen LogP contribution >= 0.6 is 22.6 Å². The summed E-state index contributed by atoms with van der Waals surface area (Å²) in [6.07, 6.45) is 1.19. The van der Waals surface area contributed by atoms with Crippen molar-refractivity contribution < 1.29 is 32.6 Å². The number of carbonyl (C=O) groups excluding carboxylic acids is 1. The second-order valence-electron chi connectivity index (χ2n) is 8.11. The summed E-state index contributed by atoms with van der Waals surface area (Å²) in [6, 6.07) is 17.7. The predicted octanol–water partition coefficient (Wildman–Crippen LogP) is 3.63. The van der Waals surface area contributed by atoms with E-state index in [1.807, 2.05) is 29.5 Å². The molecule has 0 spiro atoms. The number of rotatable bonds is 12. The first-order valence-corrected chi connectivity index (χ1v) is 13.8. The number of benzene rings is 3. The van der Waals surface area contributed by atoms with Crippen molar-refractivity contribution >= 4 is 50.7 Å². The summed E-state index contributed by atoms with van der Waals surface area (Å²) in [5.74, 6) is -1.04. The van der Waals surface area contributed by atoms with Crippen molar-refractivity contribution in [1.82, 2.24) is 10.1 Å². The standard InChI is InChI=1S/C26H26IN3O7S/c1-17-8-10-20(11-9-17)38(34,35)30-22(19-6-4-3-5-7-19)14-24(31)29-28-15-18-12-21(27)26(23(13-18)36-2)37-16-25(32)33/h3-13,15,22,30H,14,16H2,1-2H3,(H,29,31)(H,32,33)/b28-15-/t22-/m0/s1. The monoisotopic (exact) mass is 651 g/mol. The number of sulfonamides is 1. The van der Waals surface area contributed by atoms with E-state index in [-0.39, 0.29) is 17.1 Å². The largest absolute Gasteiger partial charge is 0.493 e. The Labute approximate surface area is 234 Å². The van der Waals surface area contributed by atoms with Crippen molar-refractivity contribution in [2.45, 2.75) is 24.3 Å². The molecule has 0 fully saturated rings. The van der Waals surface area contributed by atoms with Gasteiger partial charge in [0.15, 0.2) is 18.1 Å². The molecule has 0 aliphatic carbocycles. The van der Waals surface area contributed by atoms with Gasteiger partial charge < -0.3 is 14.6 Å². The number of methoxy groups -OCH3 is 1. The molecule has 0 heterocycles. The second kappa shape index (κ2) is 13.3. The van der Waals surface area contributed by atoms with Crippen LogP contribution in [0.2, 0.25) is 0 Å². The van der Waals surface area contributed by atoms with E-state index in [4.69, 9.17) is 14.6 Å². The van der Waals surface area contributed by atoms with Crippen LogP contribution < -0.4 is 19.6 Å². The molecule has 0 aliphatic heterocycles. The number of halogens is 1. The molecular formula is C26H26IN3O7S. The van der Waals surface area contributed by atoms with Gasteiger partial charge in [-0.25, -0.2) is 23.4 Å². The van der Waals surface area contributed by atoms with E-state index in [2.05, 4.69) is 15.2 Å². The van der Waals surface area contributed by atoms with Crippen molar-refractivity contribution in [3.63, 3.8) is 0 Å². The molecule has 38 heavy (non-hydrogen) atoms. The van der Waals surface area contributed by atoms with Crippen molar-refractivity contribution in [2.24, 2.45) is 5.10 Å². The lowest BCUT2D eigenvalue weighted by Gasteiger charge is -2.18. The molecule has 3 aromatic rings. The molecule has 3 aromatic carbocycles. The van der Waals surface area contributed by atoms with Crippen molar-refractivity contribution in [2.75, 3.05) is 13.7 Å². The number of carboxylic acids is 1. The van der Waals surface area contributed by atoms with Gasteiger partial charge in [0.05, 0.1) is 27.8 Å². The Morgan fingerprint density at radius 2 is 1.79 bits per heavy atom. The van der Waals surface area contributed by atoms with Crippen LogP contribution in [0.1, 0.15) is 29.2 Å². The summed E-state index contributed by atoms with van der Waals surface area (Å²) in [5.41, 5.74) is 4.53. The van der Waals surface area contributed by atoms with Gasteiger partial charge in [0, 0.05) is 6.42 Å². The van der Waals surface area contributed by atoms with E-state index in [1.54, 1.807) is 54.6 Å². The third-order valence-electron chi connectivity index (χ3n) is 5.21. The third-order valence-corrected chi connectivity index (χ3v) is 7.50. The van der Waals surface area contributed by atoms with Gasteiger partial charge in [-0.2, -0.15) is 5.10 Å². The van der Waals surface area contributed by atoms with Gasteiger partial charge >= 0.3 is 5.97 Å². The van der Waals surface area contributed by atoms with Crippen LogP contribution in [0, 0.1) is 10.5 Å². The molecule has 0 aromatic heterocycles. The highest BCUT2D eigenvalue weighted by molar-refractivity contribution is 14.1. The van der Waals surface area contributed by atoms with Crippen LogP contribution in [0.5, 0.6) is 11.5 Å². The number of hydrazone groups is 1. The van der Waals surface area contributed by atoms with Gasteiger partial charge in [0.25, 0.3) is 0 Å². The maximum Gasteiger partial charge on any atom is 0.341 e. The number of nitrogens with one attached hydrogen (secondary N) is 2. The lowest BCUT2D eigenvalue weighted by atomic mass is 10.0. The first-order chi connectivity index (χ1) is 18.1. The van der Waals surface area contributed by atoms with E-state index in [1.165, 1.54) is 25.5 Å². The molecule has 0 radical (unpaired) electrons. The van der Waals surface area contributed by atoms with Crippen LogP contribution in [0.25, 0.3) is 0 Å². The lowest BCUT2D eigenvalue weighted by molar-refractivity contribution is -0.139. The van der Waals surface area contributed by atoms with Gasteiger partial charge in [-0.1, -0.05) is 48.0 Å². The zero-order valence-electron chi connectivity index (χ0n) is 20.5. The Hall–Kier alpha value is -3.49. The number of hydrogen-bond donors (Lipinski definition) is 3. The average molecular weight is 651 g/mol. The molecule has 12 heteroatoms. The van der Waals surface area contributed by atoms with Gasteiger partial charge in [-0.3, -0.25) is 4.79 Å². The number of aryl methyl sites for hydroxylation is 1. The molecule has 0 saturated carbocycles. The summed E-state index contributed by atoms with van der Waals surface area (Å²) in [6.45, 7) is 1.34. The van der Waals surface area contributed by atoms with Crippen LogP contribution in [-0.2, 0) is 19.6 Å². The van der Waals surface area contributed by atoms with Crippen LogP contribution in [0.15, 0.2) is 76.7 Å². The number of carbonyl (C=O) groups is 2. The minimum atomic E-state index is -3.89. The molecule has 1 amide bonds. The highest BCUT2D eigenvalue weighted by atomic mass is 127. The highest BCUT2D eigenvalue weighted by Gasteiger charge is 2.23. The summed E-state index contributed by atoms with van der Waals surface area (Å²) in [5, 5.41) is 12.8. The van der Waals surface area contributed by atoms with Crippen LogP contribution in [-0.4, -0.2) is 45.3 Å². The van der Waals surface area contributed by atoms with E-state index < -0.39 is 34.5 Å². The summed E-state index contributed by atoms with van der Waals surface area (Å²) in [7, 11) is -2.47. The number of hydrogen-bond acceptors (Lipinski definition) is 7. The first-order valence-electron chi connectivity index (χ1n) is 11.3. The molecule has 1 atom stereocenters. The van der Waals surface area contributed by atoms with E-state index in [0.29, 0.717) is 20.4 Å². The number of aliphatic carboxylic acids is 1. The van der Waals surface area contributed by atoms with Crippen molar-refractivity contribution in [1.29, 1.82) is 0 Å². The highest BCUT2D eigenvalue weighted by Crippen LogP contribution is 2.33. The maximum atomic E-state index is 13.0. The molecule has 0 aliphatic rings. The number of amides is 1. The second-order valence-corrected chi connectivity index (χ2v) is 11.0. The summed E-state index contributed by atoms with van der Waals surface area (Å²) in [4.78, 5) is 23.6. The fourth-order valence-electron chi connectivity index (χ4n) is 3.38. The van der Waals surface area contributed by atoms with Crippen LogP contribution in [0.3, 0.4) is 0 Å². The molecular weight excluding hydrogens is 625 g/mol. The van der Waals surface area contributed by atoms with Gasteiger partial charge in [-0.05, 0) is 64.9 Å². The Kier molecular flexibility index (Phi) is 10.2. The van der Waals surface area contributed by atoms with Gasteiger partial charge in [-0.15, -0.1) is 0 Å². The fraction of sp³-hybridized carbons (Fsp3) is 0.192. The quantitative estimate of drug-likeness (QED) is 0.154. The number of ether oxygens (including phenoxy) is 2. The molecule has 0 unspecified atom stereocenters. The lowest BCUT2D eigenvalue weighted by Crippen LogP contribution is -2.32. The van der Waals surface area contributed by atoms with Crippen molar-refractivity contribution in [3.05, 3.63) is 87.0 Å². The minimum absolute atomic E-state index is 0.0989. The normalized spacial score (nSPS) is 12.2. The Bertz CT molecular complexity index is 1410. The van der Waals surface area contributed by atoms with Gasteiger partial charge in [0.2, 0.25) is 15.9 Å². The molecule has 0 bridgehead atoms. The SMILES string of the molecule is COc1cc(/C=N\NC(=O)C[C@H](NS(=O)(=O)c2ccc(C)cc2)c2ccccc2)cc(I)c1OCC(=O)O. The number of carboxylic acid groups (broad SMARTS) is 1. The zero-order chi connectivity index (χ0) is 27.7. The third kappa shape index (κ3) is 8.26. The molecule has 0 saturated heterocycles. The summed E-state index contributed by atoms with van der Waals surface area (Å²) >= 11 is 1.98.